The van der Waals surface area contributed by atoms with E-state index in [1.54, 1.807) is 18.6 Å². The molecule has 0 saturated carbocycles. The summed E-state index contributed by atoms with van der Waals surface area (Å²) in [4.78, 5) is 4.05. The Balaban J connectivity index is 1.83. The number of anilines is 1. The van der Waals surface area contributed by atoms with Crippen LogP contribution in [0.15, 0.2) is 65.7 Å². The van der Waals surface area contributed by atoms with E-state index in [9.17, 15) is 4.39 Å². The second-order valence-electron chi connectivity index (χ2n) is 4.58. The Morgan fingerprint density at radius 3 is 2.81 bits per heavy atom. The Hall–Kier alpha value is -2.14. The van der Waals surface area contributed by atoms with Gasteiger partial charge >= 0.3 is 0 Å². The van der Waals surface area contributed by atoms with Crippen molar-refractivity contribution < 1.29 is 4.39 Å². The highest BCUT2D eigenvalue weighted by atomic mass is 79.9. The Kier molecular flexibility index (Phi) is 4.01. The van der Waals surface area contributed by atoms with Gasteiger partial charge in [-0.05, 0) is 24.3 Å². The molecule has 2 aromatic carbocycles. The summed E-state index contributed by atoms with van der Waals surface area (Å²) in [6.07, 6.45) is 5.34. The molecule has 5 heteroatoms. The zero-order valence-electron chi connectivity index (χ0n) is 11.1. The first-order valence-electron chi connectivity index (χ1n) is 6.49. The van der Waals surface area contributed by atoms with Crippen LogP contribution in [-0.4, -0.2) is 9.55 Å². The van der Waals surface area contributed by atoms with E-state index in [4.69, 9.17) is 0 Å². The molecule has 3 nitrogen and oxygen atoms in total. The SMILES string of the molecule is Fc1cc(Br)ccc1CNc1ccccc1-n1ccnc1. The monoisotopic (exact) mass is 345 g/mol. The van der Waals surface area contributed by atoms with Crippen LogP contribution in [0.3, 0.4) is 0 Å². The maximum Gasteiger partial charge on any atom is 0.129 e. The normalized spacial score (nSPS) is 10.6. The third kappa shape index (κ3) is 3.13. The number of nitrogens with zero attached hydrogens (tertiary/aromatic N) is 2. The van der Waals surface area contributed by atoms with Crippen molar-refractivity contribution in [3.63, 3.8) is 0 Å². The van der Waals surface area contributed by atoms with E-state index in [0.717, 1.165) is 15.8 Å². The van der Waals surface area contributed by atoms with Gasteiger partial charge in [0.1, 0.15) is 5.82 Å². The molecule has 1 aromatic heterocycles. The van der Waals surface area contributed by atoms with Crippen LogP contribution < -0.4 is 5.32 Å². The molecule has 0 bridgehead atoms. The molecule has 0 unspecified atom stereocenters. The quantitative estimate of drug-likeness (QED) is 0.760. The van der Waals surface area contributed by atoms with Crippen molar-refractivity contribution in [2.75, 3.05) is 5.32 Å². The molecule has 3 rings (SSSR count). The number of hydrogen-bond donors (Lipinski definition) is 1. The molecule has 0 aliphatic heterocycles. The van der Waals surface area contributed by atoms with E-state index in [0.29, 0.717) is 12.1 Å². The first kappa shape index (κ1) is 13.8. The molecule has 1 heterocycles. The fourth-order valence-corrected chi connectivity index (χ4v) is 2.44. The van der Waals surface area contributed by atoms with Crippen molar-refractivity contribution in [3.8, 4) is 5.69 Å². The molecule has 0 saturated heterocycles. The van der Waals surface area contributed by atoms with Gasteiger partial charge in [-0.2, -0.15) is 0 Å². The number of nitrogens with one attached hydrogen (secondary N) is 1. The van der Waals surface area contributed by atoms with Crippen molar-refractivity contribution >= 4 is 21.6 Å². The van der Waals surface area contributed by atoms with E-state index < -0.39 is 0 Å². The molecular weight excluding hydrogens is 333 g/mol. The van der Waals surface area contributed by atoms with E-state index in [-0.39, 0.29) is 5.82 Å². The van der Waals surface area contributed by atoms with Gasteiger partial charge in [-0.15, -0.1) is 0 Å². The standard InChI is InChI=1S/C16H13BrFN3/c17-13-6-5-12(14(18)9-13)10-20-15-3-1-2-4-16(15)21-8-7-19-11-21/h1-9,11,20H,10H2. The lowest BCUT2D eigenvalue weighted by molar-refractivity contribution is 0.612. The number of para-hydroxylation sites is 2. The second kappa shape index (κ2) is 6.10. The lowest BCUT2D eigenvalue weighted by atomic mass is 10.2. The fraction of sp³-hybridized carbons (Fsp3) is 0.0625. The minimum Gasteiger partial charge on any atom is -0.379 e. The highest BCUT2D eigenvalue weighted by molar-refractivity contribution is 9.10. The molecule has 21 heavy (non-hydrogen) atoms. The van der Waals surface area contributed by atoms with Crippen molar-refractivity contribution in [1.82, 2.24) is 9.55 Å². The van der Waals surface area contributed by atoms with E-state index in [2.05, 4.69) is 26.2 Å². The minimum atomic E-state index is -0.225. The Morgan fingerprint density at radius 1 is 1.19 bits per heavy atom. The van der Waals surface area contributed by atoms with E-state index in [1.165, 1.54) is 6.07 Å². The second-order valence-corrected chi connectivity index (χ2v) is 5.49. The lowest BCUT2D eigenvalue weighted by Gasteiger charge is -2.13. The van der Waals surface area contributed by atoms with Gasteiger partial charge in [0.05, 0.1) is 17.7 Å². The van der Waals surface area contributed by atoms with Crippen molar-refractivity contribution in [2.24, 2.45) is 0 Å². The molecule has 0 aliphatic carbocycles. The molecular formula is C16H13BrFN3. The molecule has 0 spiro atoms. The summed E-state index contributed by atoms with van der Waals surface area (Å²) >= 11 is 3.26. The Bertz CT molecular complexity index is 741. The third-order valence-corrected chi connectivity index (χ3v) is 3.66. The summed E-state index contributed by atoms with van der Waals surface area (Å²) in [6, 6.07) is 12.9. The summed E-state index contributed by atoms with van der Waals surface area (Å²) in [5.74, 6) is -0.225. The Labute approximate surface area is 130 Å². The van der Waals surface area contributed by atoms with Gasteiger partial charge in [-0.1, -0.05) is 34.1 Å². The highest BCUT2D eigenvalue weighted by Crippen LogP contribution is 2.21. The summed E-state index contributed by atoms with van der Waals surface area (Å²) in [5.41, 5.74) is 2.53. The molecule has 0 amide bonds. The average Bonchev–Trinajstić information content (AvgIpc) is 3.01. The predicted octanol–water partition coefficient (Wildman–Crippen LogP) is 4.39. The summed E-state index contributed by atoms with van der Waals surface area (Å²) in [5, 5.41) is 3.27. The van der Waals surface area contributed by atoms with Crippen molar-refractivity contribution in [1.29, 1.82) is 0 Å². The van der Waals surface area contributed by atoms with Gasteiger partial charge in [0.2, 0.25) is 0 Å². The van der Waals surface area contributed by atoms with Gasteiger partial charge in [0.15, 0.2) is 0 Å². The van der Waals surface area contributed by atoms with Gasteiger partial charge in [-0.25, -0.2) is 9.37 Å². The highest BCUT2D eigenvalue weighted by Gasteiger charge is 2.06. The van der Waals surface area contributed by atoms with Crippen molar-refractivity contribution in [3.05, 3.63) is 77.0 Å². The van der Waals surface area contributed by atoms with Crippen molar-refractivity contribution in [2.45, 2.75) is 6.54 Å². The maximum atomic E-state index is 13.8. The molecule has 0 aliphatic rings. The zero-order valence-corrected chi connectivity index (χ0v) is 12.7. The number of halogens is 2. The number of benzene rings is 2. The first-order valence-corrected chi connectivity index (χ1v) is 7.28. The number of rotatable bonds is 4. The van der Waals surface area contributed by atoms with Gasteiger partial charge < -0.3 is 9.88 Å². The van der Waals surface area contributed by atoms with Crippen LogP contribution in [-0.2, 0) is 6.54 Å². The first-order chi connectivity index (χ1) is 10.2. The third-order valence-electron chi connectivity index (χ3n) is 3.17. The molecule has 0 radical (unpaired) electrons. The summed E-state index contributed by atoms with van der Waals surface area (Å²) in [6.45, 7) is 0.421. The molecule has 3 aromatic rings. The largest absolute Gasteiger partial charge is 0.379 e. The maximum absolute atomic E-state index is 13.8. The van der Waals surface area contributed by atoms with Gasteiger partial charge in [0, 0.05) is 29.0 Å². The van der Waals surface area contributed by atoms with Crippen LogP contribution in [0.4, 0.5) is 10.1 Å². The molecule has 1 N–H and O–H groups in total. The van der Waals surface area contributed by atoms with Crippen LogP contribution in [0.25, 0.3) is 5.69 Å². The van der Waals surface area contributed by atoms with Gasteiger partial charge in [0.25, 0.3) is 0 Å². The average molecular weight is 346 g/mol. The lowest BCUT2D eigenvalue weighted by Crippen LogP contribution is -2.05. The van der Waals surface area contributed by atoms with Gasteiger partial charge in [-0.3, -0.25) is 0 Å². The smallest absolute Gasteiger partial charge is 0.129 e. The molecule has 106 valence electrons. The number of imidazole rings is 1. The Morgan fingerprint density at radius 2 is 2.05 bits per heavy atom. The van der Waals surface area contributed by atoms with Crippen LogP contribution in [0.2, 0.25) is 0 Å². The summed E-state index contributed by atoms with van der Waals surface area (Å²) < 4.78 is 16.5. The molecule has 0 atom stereocenters. The van der Waals surface area contributed by atoms with Crippen LogP contribution in [0, 0.1) is 5.82 Å². The fourth-order valence-electron chi connectivity index (χ4n) is 2.11. The van der Waals surface area contributed by atoms with Crippen LogP contribution in [0.1, 0.15) is 5.56 Å². The number of hydrogen-bond acceptors (Lipinski definition) is 2. The molecule has 0 fully saturated rings. The van der Waals surface area contributed by atoms with Crippen LogP contribution >= 0.6 is 15.9 Å². The summed E-state index contributed by atoms with van der Waals surface area (Å²) in [7, 11) is 0. The van der Waals surface area contributed by atoms with Crippen LogP contribution in [0.5, 0.6) is 0 Å². The predicted molar refractivity (Wildman–Crippen MR) is 85.0 cm³/mol. The zero-order chi connectivity index (χ0) is 14.7. The minimum absolute atomic E-state index is 0.225. The van der Waals surface area contributed by atoms with E-state index >= 15 is 0 Å². The topological polar surface area (TPSA) is 29.9 Å². The van der Waals surface area contributed by atoms with E-state index in [1.807, 2.05) is 41.1 Å². The number of aromatic nitrogens is 2.